The third-order valence-corrected chi connectivity index (χ3v) is 2.56. The van der Waals surface area contributed by atoms with Gasteiger partial charge in [0.05, 0.1) is 12.2 Å². The predicted octanol–water partition coefficient (Wildman–Crippen LogP) is 1.31. The highest BCUT2D eigenvalue weighted by molar-refractivity contribution is 4.82. The molecular weight excluding hydrogens is 140 g/mol. The van der Waals surface area contributed by atoms with Crippen LogP contribution in [0.2, 0.25) is 0 Å². The van der Waals surface area contributed by atoms with Crippen LogP contribution in [0.25, 0.3) is 0 Å². The third kappa shape index (κ3) is 2.46. The highest BCUT2D eigenvalue weighted by Crippen LogP contribution is 2.29. The molecule has 0 radical (unpaired) electrons. The largest absolute Gasteiger partial charge is 0.390 e. The lowest BCUT2D eigenvalue weighted by Gasteiger charge is -2.05. The maximum atomic E-state index is 9.22. The highest BCUT2D eigenvalue weighted by Gasteiger charge is 2.30. The summed E-state index contributed by atoms with van der Waals surface area (Å²) >= 11 is 0. The molecule has 0 bridgehead atoms. The summed E-state index contributed by atoms with van der Waals surface area (Å²) < 4.78 is 0. The fraction of sp³-hybridized carbons (Fsp3) is 1.00. The lowest BCUT2D eigenvalue weighted by molar-refractivity contribution is 0.0438. The number of rotatable bonds is 3. The molecule has 1 unspecified atom stereocenters. The summed E-state index contributed by atoms with van der Waals surface area (Å²) in [6.07, 6.45) is 4.33. The SMILES string of the molecule is CCCCC1C[C@@H](O)[C@@H](O)C1. The molecular formula is C9H18O2. The molecule has 1 rings (SSSR count). The van der Waals surface area contributed by atoms with Crippen molar-refractivity contribution in [3.8, 4) is 0 Å². The average molecular weight is 158 g/mol. The molecule has 3 atom stereocenters. The molecule has 2 N–H and O–H groups in total. The van der Waals surface area contributed by atoms with Gasteiger partial charge in [0.1, 0.15) is 0 Å². The van der Waals surface area contributed by atoms with E-state index in [9.17, 15) is 10.2 Å². The first-order chi connectivity index (χ1) is 5.24. The summed E-state index contributed by atoms with van der Waals surface area (Å²) in [5.41, 5.74) is 0. The van der Waals surface area contributed by atoms with E-state index in [4.69, 9.17) is 0 Å². The molecule has 2 nitrogen and oxygen atoms in total. The first kappa shape index (κ1) is 9.01. The van der Waals surface area contributed by atoms with Gasteiger partial charge < -0.3 is 10.2 Å². The molecule has 0 spiro atoms. The van der Waals surface area contributed by atoms with Gasteiger partial charge in [0.25, 0.3) is 0 Å². The topological polar surface area (TPSA) is 40.5 Å². The third-order valence-electron chi connectivity index (χ3n) is 2.56. The Morgan fingerprint density at radius 3 is 2.18 bits per heavy atom. The van der Waals surface area contributed by atoms with E-state index in [0.717, 1.165) is 12.8 Å². The predicted molar refractivity (Wildman–Crippen MR) is 44.3 cm³/mol. The Morgan fingerprint density at radius 2 is 1.73 bits per heavy atom. The number of unbranched alkanes of at least 4 members (excludes halogenated alkanes) is 1. The van der Waals surface area contributed by atoms with E-state index in [-0.39, 0.29) is 0 Å². The zero-order valence-corrected chi connectivity index (χ0v) is 7.16. The molecule has 1 fully saturated rings. The van der Waals surface area contributed by atoms with Crippen LogP contribution in [-0.4, -0.2) is 22.4 Å². The van der Waals surface area contributed by atoms with E-state index in [0.29, 0.717) is 5.92 Å². The summed E-state index contributed by atoms with van der Waals surface area (Å²) in [5, 5.41) is 18.4. The highest BCUT2D eigenvalue weighted by atomic mass is 16.3. The summed E-state index contributed by atoms with van der Waals surface area (Å²) in [7, 11) is 0. The van der Waals surface area contributed by atoms with Gasteiger partial charge in [-0.05, 0) is 18.8 Å². The molecule has 0 amide bonds. The second-order valence-electron chi connectivity index (χ2n) is 3.61. The smallest absolute Gasteiger partial charge is 0.0801 e. The van der Waals surface area contributed by atoms with Crippen molar-refractivity contribution in [2.24, 2.45) is 5.92 Å². The van der Waals surface area contributed by atoms with E-state index in [1.165, 1.54) is 19.3 Å². The number of hydrogen-bond acceptors (Lipinski definition) is 2. The Kier molecular flexibility index (Phi) is 3.34. The van der Waals surface area contributed by atoms with Crippen LogP contribution in [0, 0.1) is 5.92 Å². The molecule has 2 heteroatoms. The van der Waals surface area contributed by atoms with Crippen molar-refractivity contribution >= 4 is 0 Å². The number of aliphatic hydroxyl groups excluding tert-OH is 2. The Bertz CT molecular complexity index is 104. The van der Waals surface area contributed by atoms with E-state index in [2.05, 4.69) is 6.92 Å². The van der Waals surface area contributed by atoms with Gasteiger partial charge in [0.15, 0.2) is 0 Å². The molecule has 0 aromatic heterocycles. The van der Waals surface area contributed by atoms with Gasteiger partial charge in [-0.1, -0.05) is 26.2 Å². The van der Waals surface area contributed by atoms with Crippen LogP contribution in [0.1, 0.15) is 39.0 Å². The zero-order chi connectivity index (χ0) is 8.27. The van der Waals surface area contributed by atoms with Gasteiger partial charge in [-0.25, -0.2) is 0 Å². The standard InChI is InChI=1S/C9H18O2/c1-2-3-4-7-5-8(10)9(11)6-7/h7-11H,2-6H2,1H3/t7?,8-,9+. The van der Waals surface area contributed by atoms with Crippen molar-refractivity contribution in [3.05, 3.63) is 0 Å². The van der Waals surface area contributed by atoms with Crippen molar-refractivity contribution in [1.29, 1.82) is 0 Å². The molecule has 0 saturated heterocycles. The summed E-state index contributed by atoms with van der Waals surface area (Å²) in [4.78, 5) is 0. The molecule has 0 aliphatic heterocycles. The maximum absolute atomic E-state index is 9.22. The quantitative estimate of drug-likeness (QED) is 0.650. The average Bonchev–Trinajstić information content (AvgIpc) is 2.28. The fourth-order valence-electron chi connectivity index (χ4n) is 1.82. The molecule has 11 heavy (non-hydrogen) atoms. The molecule has 1 saturated carbocycles. The monoisotopic (exact) mass is 158 g/mol. The van der Waals surface area contributed by atoms with Crippen LogP contribution in [0.15, 0.2) is 0 Å². The second kappa shape index (κ2) is 4.07. The minimum Gasteiger partial charge on any atom is -0.390 e. The minimum absolute atomic E-state index is 0.447. The van der Waals surface area contributed by atoms with E-state index < -0.39 is 12.2 Å². The summed E-state index contributed by atoms with van der Waals surface area (Å²) in [5.74, 6) is 0.569. The van der Waals surface area contributed by atoms with E-state index in [1.54, 1.807) is 0 Å². The number of hydrogen-bond donors (Lipinski definition) is 2. The summed E-state index contributed by atoms with van der Waals surface area (Å²) in [6, 6.07) is 0. The van der Waals surface area contributed by atoms with E-state index >= 15 is 0 Å². The van der Waals surface area contributed by atoms with Gasteiger partial charge in [-0.3, -0.25) is 0 Å². The molecule has 1 aliphatic rings. The van der Waals surface area contributed by atoms with Gasteiger partial charge in [0, 0.05) is 0 Å². The molecule has 0 aromatic carbocycles. The summed E-state index contributed by atoms with van der Waals surface area (Å²) in [6.45, 7) is 2.17. The van der Waals surface area contributed by atoms with Crippen LogP contribution in [0.4, 0.5) is 0 Å². The Labute approximate surface area is 68.2 Å². The fourth-order valence-corrected chi connectivity index (χ4v) is 1.82. The van der Waals surface area contributed by atoms with Crippen molar-refractivity contribution in [1.82, 2.24) is 0 Å². The maximum Gasteiger partial charge on any atom is 0.0801 e. The first-order valence-electron chi connectivity index (χ1n) is 4.60. The van der Waals surface area contributed by atoms with Crippen molar-refractivity contribution in [2.75, 3.05) is 0 Å². The Balaban J connectivity index is 2.18. The van der Waals surface area contributed by atoms with Crippen molar-refractivity contribution in [2.45, 2.75) is 51.2 Å². The van der Waals surface area contributed by atoms with Crippen molar-refractivity contribution in [3.63, 3.8) is 0 Å². The lowest BCUT2D eigenvalue weighted by Crippen LogP contribution is -2.17. The van der Waals surface area contributed by atoms with Gasteiger partial charge in [0.2, 0.25) is 0 Å². The minimum atomic E-state index is -0.447. The van der Waals surface area contributed by atoms with Crippen LogP contribution in [-0.2, 0) is 0 Å². The van der Waals surface area contributed by atoms with E-state index in [1.807, 2.05) is 0 Å². The molecule has 0 heterocycles. The van der Waals surface area contributed by atoms with Gasteiger partial charge in [-0.15, -0.1) is 0 Å². The Morgan fingerprint density at radius 1 is 1.18 bits per heavy atom. The van der Waals surface area contributed by atoms with Gasteiger partial charge >= 0.3 is 0 Å². The second-order valence-corrected chi connectivity index (χ2v) is 3.61. The zero-order valence-electron chi connectivity index (χ0n) is 7.16. The molecule has 66 valence electrons. The normalized spacial score (nSPS) is 37.9. The van der Waals surface area contributed by atoms with Crippen LogP contribution in [0.3, 0.4) is 0 Å². The van der Waals surface area contributed by atoms with Gasteiger partial charge in [-0.2, -0.15) is 0 Å². The molecule has 1 aliphatic carbocycles. The van der Waals surface area contributed by atoms with Crippen LogP contribution < -0.4 is 0 Å². The van der Waals surface area contributed by atoms with Crippen molar-refractivity contribution < 1.29 is 10.2 Å². The Hall–Kier alpha value is -0.0800. The first-order valence-corrected chi connectivity index (χ1v) is 4.60. The van der Waals surface area contributed by atoms with Crippen LogP contribution in [0.5, 0.6) is 0 Å². The van der Waals surface area contributed by atoms with Crippen LogP contribution >= 0.6 is 0 Å². The molecule has 0 aromatic rings. The lowest BCUT2D eigenvalue weighted by atomic mass is 10.0. The number of aliphatic hydroxyl groups is 2.